The molecule has 0 fully saturated rings. The molecule has 1 heterocycles. The number of H-pyrrole nitrogens is 1. The number of halogens is 2. The van der Waals surface area contributed by atoms with Crippen molar-refractivity contribution in [2.75, 3.05) is 0 Å². The van der Waals surface area contributed by atoms with Crippen LogP contribution in [0.2, 0.25) is 5.02 Å². The fourth-order valence-electron chi connectivity index (χ4n) is 2.68. The Labute approximate surface area is 163 Å². The van der Waals surface area contributed by atoms with Gasteiger partial charge in [0.15, 0.2) is 0 Å². The molecule has 3 N–H and O–H groups in total. The van der Waals surface area contributed by atoms with Crippen LogP contribution >= 0.6 is 11.6 Å². The minimum Gasteiger partial charge on any atom is -0.481 e. The Balaban J connectivity index is 1.86. The quantitative estimate of drug-likeness (QED) is 0.588. The first-order valence-electron chi connectivity index (χ1n) is 8.19. The van der Waals surface area contributed by atoms with Crippen molar-refractivity contribution < 1.29 is 19.1 Å². The summed E-state index contributed by atoms with van der Waals surface area (Å²) < 4.78 is 14.4. The SMILES string of the molecule is O=C(O)C[C@H](NC(=O)c1cc(=O)n(-c2cccc(F)c2)[nH]1)c1ccc(Cl)cc1. The average Bonchev–Trinajstić information content (AvgIpc) is 3.03. The number of rotatable bonds is 6. The van der Waals surface area contributed by atoms with Crippen LogP contribution in [-0.2, 0) is 4.79 Å². The molecular formula is C19H15ClFN3O4. The van der Waals surface area contributed by atoms with E-state index in [0.717, 1.165) is 16.8 Å². The number of carboxylic acid groups (broad SMARTS) is 1. The van der Waals surface area contributed by atoms with Crippen LogP contribution < -0.4 is 10.9 Å². The highest BCUT2D eigenvalue weighted by atomic mass is 35.5. The zero-order chi connectivity index (χ0) is 20.3. The molecule has 1 amide bonds. The molecule has 0 radical (unpaired) electrons. The Kier molecular flexibility index (Phi) is 5.60. The van der Waals surface area contributed by atoms with Crippen LogP contribution in [0.4, 0.5) is 4.39 Å². The van der Waals surface area contributed by atoms with E-state index in [1.807, 2.05) is 0 Å². The number of nitrogens with zero attached hydrogens (tertiary/aromatic N) is 1. The number of aromatic nitrogens is 2. The molecule has 1 aromatic heterocycles. The van der Waals surface area contributed by atoms with Crippen LogP contribution in [0.15, 0.2) is 59.4 Å². The first kappa shape index (κ1) is 19.4. The van der Waals surface area contributed by atoms with E-state index in [2.05, 4.69) is 10.4 Å². The van der Waals surface area contributed by atoms with Crippen LogP contribution in [0.3, 0.4) is 0 Å². The van der Waals surface area contributed by atoms with Crippen molar-refractivity contribution in [1.29, 1.82) is 0 Å². The molecule has 0 saturated heterocycles. The van der Waals surface area contributed by atoms with Gasteiger partial charge in [0, 0.05) is 11.1 Å². The van der Waals surface area contributed by atoms with Crippen molar-refractivity contribution in [2.24, 2.45) is 0 Å². The van der Waals surface area contributed by atoms with Gasteiger partial charge < -0.3 is 10.4 Å². The van der Waals surface area contributed by atoms with Crippen LogP contribution in [-0.4, -0.2) is 26.8 Å². The molecule has 1 atom stereocenters. The third kappa shape index (κ3) is 4.47. The fourth-order valence-corrected chi connectivity index (χ4v) is 2.80. The van der Waals surface area contributed by atoms with E-state index in [1.165, 1.54) is 18.2 Å². The molecule has 7 nitrogen and oxygen atoms in total. The number of aliphatic carboxylic acids is 1. The van der Waals surface area contributed by atoms with Crippen molar-refractivity contribution in [2.45, 2.75) is 12.5 Å². The van der Waals surface area contributed by atoms with Crippen LogP contribution in [0.25, 0.3) is 5.69 Å². The third-order valence-electron chi connectivity index (χ3n) is 3.99. The van der Waals surface area contributed by atoms with Crippen LogP contribution in [0.1, 0.15) is 28.5 Å². The predicted octanol–water partition coefficient (Wildman–Crippen LogP) is 2.90. The summed E-state index contributed by atoms with van der Waals surface area (Å²) in [6.07, 6.45) is -0.359. The minimum absolute atomic E-state index is 0.0846. The number of aromatic amines is 1. The van der Waals surface area contributed by atoms with E-state index in [0.29, 0.717) is 10.6 Å². The molecule has 3 aromatic rings. The standard InChI is InChI=1S/C19H15ClFN3O4/c20-12-6-4-11(5-7-12)15(10-18(26)27)22-19(28)16-9-17(25)24(23-16)14-3-1-2-13(21)8-14/h1-9,15,23H,10H2,(H,22,28)(H,26,27)/t15-/m0/s1. The van der Waals surface area contributed by atoms with Gasteiger partial charge in [-0.15, -0.1) is 0 Å². The van der Waals surface area contributed by atoms with Gasteiger partial charge in [0.1, 0.15) is 11.5 Å². The Morgan fingerprint density at radius 2 is 1.89 bits per heavy atom. The molecule has 0 bridgehead atoms. The summed E-state index contributed by atoms with van der Waals surface area (Å²) >= 11 is 5.84. The van der Waals surface area contributed by atoms with Gasteiger partial charge in [-0.3, -0.25) is 19.5 Å². The molecule has 0 spiro atoms. The number of carboxylic acids is 1. The number of carbonyl (C=O) groups is 2. The second-order valence-corrected chi connectivity index (χ2v) is 6.44. The minimum atomic E-state index is -1.11. The lowest BCUT2D eigenvalue weighted by Gasteiger charge is -2.17. The topological polar surface area (TPSA) is 104 Å². The van der Waals surface area contributed by atoms with E-state index in [-0.39, 0.29) is 17.8 Å². The van der Waals surface area contributed by atoms with Gasteiger partial charge in [0.05, 0.1) is 18.2 Å². The first-order valence-corrected chi connectivity index (χ1v) is 8.57. The number of amides is 1. The lowest BCUT2D eigenvalue weighted by atomic mass is 10.0. The Bertz CT molecular complexity index is 1080. The summed E-state index contributed by atoms with van der Waals surface area (Å²) in [4.78, 5) is 35.9. The highest BCUT2D eigenvalue weighted by molar-refractivity contribution is 6.30. The molecule has 0 aliphatic carbocycles. The van der Waals surface area contributed by atoms with Gasteiger partial charge in [-0.2, -0.15) is 0 Å². The van der Waals surface area contributed by atoms with Crippen molar-refractivity contribution in [1.82, 2.24) is 15.1 Å². The lowest BCUT2D eigenvalue weighted by molar-refractivity contribution is -0.137. The number of benzene rings is 2. The second kappa shape index (κ2) is 8.10. The Morgan fingerprint density at radius 3 is 2.54 bits per heavy atom. The van der Waals surface area contributed by atoms with Crippen LogP contribution in [0.5, 0.6) is 0 Å². The van der Waals surface area contributed by atoms with E-state index in [1.54, 1.807) is 24.3 Å². The zero-order valence-electron chi connectivity index (χ0n) is 14.4. The Morgan fingerprint density at radius 1 is 1.18 bits per heavy atom. The summed E-state index contributed by atoms with van der Waals surface area (Å²) in [5.74, 6) is -2.31. The summed E-state index contributed by atoms with van der Waals surface area (Å²) in [5.41, 5.74) is 0.131. The number of carbonyl (C=O) groups excluding carboxylic acids is 1. The average molecular weight is 404 g/mol. The first-order chi connectivity index (χ1) is 13.3. The summed E-state index contributed by atoms with van der Waals surface area (Å²) in [5, 5.41) is 14.8. The molecule has 9 heteroatoms. The normalized spacial score (nSPS) is 11.8. The maximum Gasteiger partial charge on any atom is 0.305 e. The highest BCUT2D eigenvalue weighted by Gasteiger charge is 2.21. The summed E-state index contributed by atoms with van der Waals surface area (Å²) in [6, 6.07) is 11.9. The van der Waals surface area contributed by atoms with Gasteiger partial charge in [-0.05, 0) is 35.9 Å². The van der Waals surface area contributed by atoms with Gasteiger partial charge in [0.25, 0.3) is 11.5 Å². The largest absolute Gasteiger partial charge is 0.481 e. The monoisotopic (exact) mass is 403 g/mol. The maximum atomic E-state index is 13.4. The molecule has 144 valence electrons. The molecule has 3 rings (SSSR count). The van der Waals surface area contributed by atoms with Crippen molar-refractivity contribution in [3.63, 3.8) is 0 Å². The third-order valence-corrected chi connectivity index (χ3v) is 4.24. The van der Waals surface area contributed by atoms with Crippen molar-refractivity contribution >= 4 is 23.5 Å². The van der Waals surface area contributed by atoms with E-state index in [9.17, 15) is 18.8 Å². The maximum absolute atomic E-state index is 13.4. The molecule has 0 aliphatic heterocycles. The van der Waals surface area contributed by atoms with Gasteiger partial charge in [0.2, 0.25) is 0 Å². The van der Waals surface area contributed by atoms with Crippen LogP contribution in [0, 0.1) is 5.82 Å². The van der Waals surface area contributed by atoms with Gasteiger partial charge in [-0.25, -0.2) is 9.07 Å². The number of nitrogens with one attached hydrogen (secondary N) is 2. The van der Waals surface area contributed by atoms with Crippen molar-refractivity contribution in [3.8, 4) is 5.69 Å². The number of hydrogen-bond acceptors (Lipinski definition) is 3. The van der Waals surface area contributed by atoms with Gasteiger partial charge >= 0.3 is 5.97 Å². The molecule has 28 heavy (non-hydrogen) atoms. The molecule has 0 unspecified atom stereocenters. The molecule has 2 aromatic carbocycles. The summed E-state index contributed by atoms with van der Waals surface area (Å²) in [7, 11) is 0. The molecule has 0 aliphatic rings. The molecular weight excluding hydrogens is 389 g/mol. The number of hydrogen-bond donors (Lipinski definition) is 3. The van der Waals surface area contributed by atoms with Gasteiger partial charge in [-0.1, -0.05) is 29.8 Å². The zero-order valence-corrected chi connectivity index (χ0v) is 15.1. The summed E-state index contributed by atoms with van der Waals surface area (Å²) in [6.45, 7) is 0. The predicted molar refractivity (Wildman–Crippen MR) is 100 cm³/mol. The van der Waals surface area contributed by atoms with Crippen molar-refractivity contribution in [3.05, 3.63) is 87.0 Å². The van der Waals surface area contributed by atoms with E-state index < -0.39 is 29.3 Å². The Hall–Kier alpha value is -3.39. The second-order valence-electron chi connectivity index (χ2n) is 6.00. The van der Waals surface area contributed by atoms with E-state index in [4.69, 9.17) is 16.7 Å². The smallest absolute Gasteiger partial charge is 0.305 e. The highest BCUT2D eigenvalue weighted by Crippen LogP contribution is 2.20. The lowest BCUT2D eigenvalue weighted by Crippen LogP contribution is -2.30. The van der Waals surface area contributed by atoms with E-state index >= 15 is 0 Å². The fraction of sp³-hybridized carbons (Fsp3) is 0.105. The molecule has 0 saturated carbocycles.